The third-order valence-corrected chi connectivity index (χ3v) is 4.83. The SMILES string of the molecule is Cc1cc(CN=C(NN)NC2CCCCC2)sc1C. The van der Waals surface area contributed by atoms with Crippen LogP contribution in [0, 0.1) is 13.8 Å². The smallest absolute Gasteiger partial charge is 0.206 e. The van der Waals surface area contributed by atoms with Gasteiger partial charge in [0.1, 0.15) is 0 Å². The molecule has 0 atom stereocenters. The highest BCUT2D eigenvalue weighted by molar-refractivity contribution is 7.12. The summed E-state index contributed by atoms with van der Waals surface area (Å²) < 4.78 is 0. The van der Waals surface area contributed by atoms with Gasteiger partial charge in [-0.1, -0.05) is 19.3 Å². The Morgan fingerprint density at radius 2 is 2.11 bits per heavy atom. The Kier molecular flexibility index (Phi) is 5.22. The maximum Gasteiger partial charge on any atom is 0.206 e. The molecule has 1 aliphatic rings. The van der Waals surface area contributed by atoms with Crippen molar-refractivity contribution < 1.29 is 0 Å². The van der Waals surface area contributed by atoms with E-state index in [2.05, 4.69) is 35.6 Å². The van der Waals surface area contributed by atoms with Gasteiger partial charge in [0.15, 0.2) is 0 Å². The first-order chi connectivity index (χ1) is 9.19. The second-order valence-corrected chi connectivity index (χ2v) is 6.58. The number of rotatable bonds is 3. The van der Waals surface area contributed by atoms with Crippen LogP contribution in [0.2, 0.25) is 0 Å². The molecule has 2 rings (SSSR count). The minimum absolute atomic E-state index is 0.523. The molecular weight excluding hydrogens is 256 g/mol. The molecule has 0 aliphatic heterocycles. The predicted octanol–water partition coefficient (Wildman–Crippen LogP) is 2.61. The Morgan fingerprint density at radius 3 is 2.68 bits per heavy atom. The van der Waals surface area contributed by atoms with E-state index in [1.165, 1.54) is 47.4 Å². The minimum atomic E-state index is 0.523. The van der Waals surface area contributed by atoms with Crippen LogP contribution < -0.4 is 16.6 Å². The molecular formula is C14H24N4S. The number of hydrogen-bond acceptors (Lipinski definition) is 3. The molecule has 106 valence electrons. The highest BCUT2D eigenvalue weighted by Gasteiger charge is 2.14. The van der Waals surface area contributed by atoms with E-state index in [0.717, 1.165) is 5.96 Å². The maximum atomic E-state index is 5.55. The number of nitrogens with one attached hydrogen (secondary N) is 2. The first kappa shape index (κ1) is 14.3. The molecule has 1 fully saturated rings. The lowest BCUT2D eigenvalue weighted by Crippen LogP contribution is -2.47. The number of hydrogen-bond donors (Lipinski definition) is 3. The van der Waals surface area contributed by atoms with Crippen molar-refractivity contribution in [3.8, 4) is 0 Å². The summed E-state index contributed by atoms with van der Waals surface area (Å²) in [6.07, 6.45) is 6.40. The molecule has 5 heteroatoms. The number of thiophene rings is 1. The molecule has 4 nitrogen and oxygen atoms in total. The van der Waals surface area contributed by atoms with Gasteiger partial charge in [-0.25, -0.2) is 10.8 Å². The Morgan fingerprint density at radius 1 is 1.37 bits per heavy atom. The molecule has 1 saturated carbocycles. The number of nitrogens with two attached hydrogens (primary N) is 1. The van der Waals surface area contributed by atoms with Crippen LogP contribution in [0.15, 0.2) is 11.1 Å². The van der Waals surface area contributed by atoms with Crippen molar-refractivity contribution in [2.75, 3.05) is 0 Å². The lowest BCUT2D eigenvalue weighted by molar-refractivity contribution is 0.410. The molecule has 1 aromatic heterocycles. The van der Waals surface area contributed by atoms with Crippen LogP contribution in [-0.2, 0) is 6.54 Å². The van der Waals surface area contributed by atoms with E-state index >= 15 is 0 Å². The van der Waals surface area contributed by atoms with Gasteiger partial charge in [-0.2, -0.15) is 0 Å². The van der Waals surface area contributed by atoms with Crippen molar-refractivity contribution in [1.82, 2.24) is 10.7 Å². The van der Waals surface area contributed by atoms with E-state index in [0.29, 0.717) is 12.6 Å². The number of guanidine groups is 1. The summed E-state index contributed by atoms with van der Waals surface area (Å²) in [6, 6.07) is 2.73. The van der Waals surface area contributed by atoms with E-state index in [9.17, 15) is 0 Å². The van der Waals surface area contributed by atoms with E-state index in [-0.39, 0.29) is 0 Å². The summed E-state index contributed by atoms with van der Waals surface area (Å²) in [4.78, 5) is 7.19. The predicted molar refractivity (Wildman–Crippen MR) is 82.3 cm³/mol. The Balaban J connectivity index is 1.90. The zero-order chi connectivity index (χ0) is 13.7. The van der Waals surface area contributed by atoms with Gasteiger partial charge in [0.25, 0.3) is 0 Å². The van der Waals surface area contributed by atoms with Gasteiger partial charge in [0, 0.05) is 15.8 Å². The summed E-state index contributed by atoms with van der Waals surface area (Å²) in [6.45, 7) is 4.98. The average molecular weight is 280 g/mol. The highest BCUT2D eigenvalue weighted by atomic mass is 32.1. The van der Waals surface area contributed by atoms with Gasteiger partial charge < -0.3 is 5.32 Å². The number of aliphatic imine (C=N–C) groups is 1. The topological polar surface area (TPSA) is 62.4 Å². The van der Waals surface area contributed by atoms with E-state index in [1.807, 2.05) is 11.3 Å². The van der Waals surface area contributed by atoms with Crippen LogP contribution in [0.1, 0.15) is 47.4 Å². The molecule has 0 saturated heterocycles. The van der Waals surface area contributed by atoms with Crippen LogP contribution in [0.25, 0.3) is 0 Å². The van der Waals surface area contributed by atoms with Gasteiger partial charge in [0.05, 0.1) is 6.54 Å². The van der Waals surface area contributed by atoms with Gasteiger partial charge in [-0.3, -0.25) is 5.43 Å². The quantitative estimate of drug-likeness (QED) is 0.345. The van der Waals surface area contributed by atoms with Crippen molar-refractivity contribution >= 4 is 17.3 Å². The zero-order valence-corrected chi connectivity index (χ0v) is 12.6. The summed E-state index contributed by atoms with van der Waals surface area (Å²) in [5.41, 5.74) is 4.03. The first-order valence-corrected chi connectivity index (χ1v) is 7.84. The van der Waals surface area contributed by atoms with Crippen molar-refractivity contribution in [1.29, 1.82) is 0 Å². The second kappa shape index (κ2) is 6.91. The highest BCUT2D eigenvalue weighted by Crippen LogP contribution is 2.21. The third-order valence-electron chi connectivity index (χ3n) is 3.69. The fourth-order valence-electron chi connectivity index (χ4n) is 2.46. The first-order valence-electron chi connectivity index (χ1n) is 7.02. The number of nitrogens with zero attached hydrogens (tertiary/aromatic N) is 1. The van der Waals surface area contributed by atoms with Crippen molar-refractivity contribution in [3.63, 3.8) is 0 Å². The molecule has 4 N–H and O–H groups in total. The largest absolute Gasteiger partial charge is 0.353 e. The molecule has 1 aromatic rings. The molecule has 0 aromatic carbocycles. The number of hydrazine groups is 1. The summed E-state index contributed by atoms with van der Waals surface area (Å²) >= 11 is 1.81. The molecule has 1 heterocycles. The Labute approximate surface area is 119 Å². The van der Waals surface area contributed by atoms with E-state index in [4.69, 9.17) is 5.84 Å². The van der Waals surface area contributed by atoms with E-state index < -0.39 is 0 Å². The monoisotopic (exact) mass is 280 g/mol. The van der Waals surface area contributed by atoms with Crippen LogP contribution in [-0.4, -0.2) is 12.0 Å². The Hall–Kier alpha value is -1.07. The van der Waals surface area contributed by atoms with Crippen molar-refractivity contribution in [3.05, 3.63) is 21.4 Å². The molecule has 0 unspecified atom stereocenters. The number of aryl methyl sites for hydroxylation is 2. The van der Waals surface area contributed by atoms with Crippen molar-refractivity contribution in [2.24, 2.45) is 10.8 Å². The molecule has 0 spiro atoms. The van der Waals surface area contributed by atoms with Crippen molar-refractivity contribution in [2.45, 2.75) is 58.5 Å². The van der Waals surface area contributed by atoms with Gasteiger partial charge >= 0.3 is 0 Å². The Bertz CT molecular complexity index is 413. The van der Waals surface area contributed by atoms with Gasteiger partial charge in [-0.15, -0.1) is 11.3 Å². The summed E-state index contributed by atoms with van der Waals surface area (Å²) in [7, 11) is 0. The van der Waals surface area contributed by atoms with E-state index in [1.54, 1.807) is 0 Å². The van der Waals surface area contributed by atoms with Crippen LogP contribution in [0.5, 0.6) is 0 Å². The molecule has 0 radical (unpaired) electrons. The third kappa shape index (κ3) is 4.21. The summed E-state index contributed by atoms with van der Waals surface area (Å²) in [5, 5.41) is 3.42. The normalized spacial score (nSPS) is 17.5. The second-order valence-electron chi connectivity index (χ2n) is 5.24. The van der Waals surface area contributed by atoms with Crippen LogP contribution in [0.4, 0.5) is 0 Å². The molecule has 19 heavy (non-hydrogen) atoms. The molecule has 0 amide bonds. The lowest BCUT2D eigenvalue weighted by atomic mass is 9.96. The zero-order valence-electron chi connectivity index (χ0n) is 11.8. The minimum Gasteiger partial charge on any atom is -0.353 e. The maximum absolute atomic E-state index is 5.55. The standard InChI is InChI=1S/C14H24N4S/c1-10-8-13(19-11(10)2)9-16-14(18-15)17-12-6-4-3-5-7-12/h8,12H,3-7,9,15H2,1-2H3,(H2,16,17,18). The summed E-state index contributed by atoms with van der Waals surface area (Å²) in [5.74, 6) is 6.27. The molecule has 0 bridgehead atoms. The fraction of sp³-hybridized carbons (Fsp3) is 0.643. The van der Waals surface area contributed by atoms with Gasteiger partial charge in [0.2, 0.25) is 5.96 Å². The average Bonchev–Trinajstić information content (AvgIpc) is 2.75. The molecule has 1 aliphatic carbocycles. The fourth-order valence-corrected chi connectivity index (χ4v) is 3.44. The lowest BCUT2D eigenvalue weighted by Gasteiger charge is -2.24. The van der Waals surface area contributed by atoms with Gasteiger partial charge in [-0.05, 0) is 38.3 Å². The van der Waals surface area contributed by atoms with Crippen LogP contribution >= 0.6 is 11.3 Å². The van der Waals surface area contributed by atoms with Crippen LogP contribution in [0.3, 0.4) is 0 Å².